The number of phenolic OH excluding ortho intramolecular Hbond substituents is 1. The molecule has 1 amide bonds. The molecule has 0 radical (unpaired) electrons. The molecule has 3 rings (SSSR count). The first-order valence-corrected chi connectivity index (χ1v) is 7.98. The van der Waals surface area contributed by atoms with Gasteiger partial charge in [0.2, 0.25) is 11.1 Å². The Bertz CT molecular complexity index is 1010. The molecule has 0 aliphatic carbocycles. The summed E-state index contributed by atoms with van der Waals surface area (Å²) in [6.07, 6.45) is 2.28. The molecule has 0 aliphatic heterocycles. The second-order valence-corrected chi connectivity index (χ2v) is 5.52. The molecule has 9 heteroatoms. The summed E-state index contributed by atoms with van der Waals surface area (Å²) >= 11 is 5.63. The van der Waals surface area contributed by atoms with Crippen LogP contribution < -0.4 is 10.2 Å². The van der Waals surface area contributed by atoms with E-state index < -0.39 is 11.7 Å². The average molecular weight is 387 g/mol. The topological polar surface area (TPSA) is 96.7 Å². The largest absolute Gasteiger partial charge is 0.507 e. The average Bonchev–Trinajstić information content (AvgIpc) is 2.65. The van der Waals surface area contributed by atoms with E-state index >= 15 is 0 Å². The lowest BCUT2D eigenvalue weighted by Crippen LogP contribution is -2.17. The molecule has 7 nitrogen and oxygen atoms in total. The molecule has 27 heavy (non-hydrogen) atoms. The minimum absolute atomic E-state index is 0.0999. The molecule has 0 spiro atoms. The first kappa shape index (κ1) is 18.3. The fourth-order valence-electron chi connectivity index (χ4n) is 2.06. The van der Waals surface area contributed by atoms with Crippen LogP contribution in [0.3, 0.4) is 0 Å². The number of halogens is 2. The molecule has 0 unspecified atom stereocenters. The lowest BCUT2D eigenvalue weighted by molar-refractivity contribution is 0.0952. The second kappa shape index (κ2) is 8.24. The van der Waals surface area contributed by atoms with Gasteiger partial charge < -0.3 is 9.84 Å². The highest BCUT2D eigenvalue weighted by Gasteiger charge is 2.10. The third-order valence-corrected chi connectivity index (χ3v) is 3.47. The number of phenols is 1. The number of ether oxygens (including phenoxy) is 1. The zero-order chi connectivity index (χ0) is 19.2. The molecule has 3 aromatic rings. The van der Waals surface area contributed by atoms with Crippen LogP contribution in [-0.4, -0.2) is 27.2 Å². The van der Waals surface area contributed by atoms with Gasteiger partial charge in [-0.15, -0.1) is 0 Å². The lowest BCUT2D eigenvalue weighted by Gasteiger charge is -2.06. The molecule has 0 bridgehead atoms. The Morgan fingerprint density at radius 2 is 2.07 bits per heavy atom. The normalized spacial score (nSPS) is 10.7. The molecule has 0 saturated heterocycles. The Morgan fingerprint density at radius 3 is 2.89 bits per heavy atom. The van der Waals surface area contributed by atoms with E-state index in [-0.39, 0.29) is 22.5 Å². The summed E-state index contributed by atoms with van der Waals surface area (Å²) in [6.45, 7) is 0. The number of aromatic hydroxyl groups is 1. The van der Waals surface area contributed by atoms with Gasteiger partial charge >= 0.3 is 0 Å². The highest BCUT2D eigenvalue weighted by molar-refractivity contribution is 6.28. The van der Waals surface area contributed by atoms with Crippen molar-refractivity contribution in [2.24, 2.45) is 5.10 Å². The number of hydrazone groups is 1. The number of rotatable bonds is 5. The van der Waals surface area contributed by atoms with E-state index in [2.05, 4.69) is 20.5 Å². The molecule has 1 aromatic heterocycles. The molecule has 136 valence electrons. The summed E-state index contributed by atoms with van der Waals surface area (Å²) in [5.74, 6) is -1.48. The van der Waals surface area contributed by atoms with E-state index in [0.717, 1.165) is 6.20 Å². The van der Waals surface area contributed by atoms with Gasteiger partial charge in [0.25, 0.3) is 11.8 Å². The van der Waals surface area contributed by atoms with Crippen molar-refractivity contribution in [2.75, 3.05) is 0 Å². The fourth-order valence-corrected chi connectivity index (χ4v) is 2.19. The number of para-hydroxylation sites is 1. The zero-order valence-corrected chi connectivity index (χ0v) is 14.4. The predicted molar refractivity (Wildman–Crippen MR) is 96.7 cm³/mol. The smallest absolute Gasteiger partial charge is 0.275 e. The number of nitrogens with zero attached hydrogens (tertiary/aromatic N) is 3. The van der Waals surface area contributed by atoms with Gasteiger partial charge in [0.05, 0.1) is 18.0 Å². The summed E-state index contributed by atoms with van der Waals surface area (Å²) < 4.78 is 19.0. The number of aromatic nitrogens is 2. The number of carbonyl (C=O) groups is 1. The molecule has 2 N–H and O–H groups in total. The maximum Gasteiger partial charge on any atom is 0.275 e. The molecule has 2 aromatic carbocycles. The Kier molecular flexibility index (Phi) is 5.58. The van der Waals surface area contributed by atoms with Crippen LogP contribution in [0, 0.1) is 5.82 Å². The van der Waals surface area contributed by atoms with E-state index in [9.17, 15) is 14.3 Å². The molecular weight excluding hydrogens is 375 g/mol. The first-order valence-electron chi connectivity index (χ1n) is 7.60. The van der Waals surface area contributed by atoms with Gasteiger partial charge in [-0.3, -0.25) is 4.79 Å². The highest BCUT2D eigenvalue weighted by Crippen LogP contribution is 2.23. The first-order chi connectivity index (χ1) is 13.0. The highest BCUT2D eigenvalue weighted by atomic mass is 35.5. The van der Waals surface area contributed by atoms with Crippen LogP contribution in [0.4, 0.5) is 4.39 Å². The number of amides is 1. The summed E-state index contributed by atoms with van der Waals surface area (Å²) in [6, 6.07) is 12.6. The Morgan fingerprint density at radius 1 is 1.26 bits per heavy atom. The van der Waals surface area contributed by atoms with Crippen molar-refractivity contribution in [3.05, 3.63) is 77.0 Å². The summed E-state index contributed by atoms with van der Waals surface area (Å²) in [5, 5.41) is 13.3. The molecule has 0 aliphatic rings. The molecule has 0 atom stereocenters. The van der Waals surface area contributed by atoms with Crippen molar-refractivity contribution in [3.8, 4) is 17.4 Å². The Balaban J connectivity index is 1.68. The van der Waals surface area contributed by atoms with Crippen molar-refractivity contribution in [2.45, 2.75) is 0 Å². The molecule has 0 fully saturated rings. The van der Waals surface area contributed by atoms with Crippen molar-refractivity contribution in [3.63, 3.8) is 0 Å². The number of benzene rings is 2. The van der Waals surface area contributed by atoms with Gasteiger partial charge in [-0.2, -0.15) is 14.5 Å². The third-order valence-electron chi connectivity index (χ3n) is 3.28. The summed E-state index contributed by atoms with van der Waals surface area (Å²) in [4.78, 5) is 19.1. The fraction of sp³-hybridized carbons (Fsp3) is 0. The van der Waals surface area contributed by atoms with Crippen LogP contribution in [0.2, 0.25) is 5.28 Å². The summed E-state index contributed by atoms with van der Waals surface area (Å²) in [5.41, 5.74) is 2.98. The van der Waals surface area contributed by atoms with Crippen LogP contribution in [0.25, 0.3) is 0 Å². The number of nitrogens with one attached hydrogen (secondary N) is 1. The van der Waals surface area contributed by atoms with Crippen LogP contribution >= 0.6 is 11.6 Å². The molecule has 1 heterocycles. The van der Waals surface area contributed by atoms with E-state index in [4.69, 9.17) is 16.3 Å². The van der Waals surface area contributed by atoms with Crippen molar-refractivity contribution < 1.29 is 19.0 Å². The van der Waals surface area contributed by atoms with Crippen LogP contribution in [0.15, 0.2) is 59.8 Å². The van der Waals surface area contributed by atoms with E-state index in [0.29, 0.717) is 11.3 Å². The van der Waals surface area contributed by atoms with E-state index in [1.807, 2.05) is 0 Å². The standard InChI is InChI=1S/C18H12ClFN4O3/c19-18-21-10-14(20)17(23-18)27-12-5-3-4-11(8-12)9-22-24-16(26)13-6-1-2-7-15(13)25/h1-10,25H,(H,24,26)/b22-9+. The predicted octanol–water partition coefficient (Wildman–Crippen LogP) is 3.53. The van der Waals surface area contributed by atoms with Gasteiger partial charge in [-0.25, -0.2) is 10.4 Å². The number of hydrogen-bond acceptors (Lipinski definition) is 6. The Hall–Kier alpha value is -3.52. The molecular formula is C18H12ClFN4O3. The van der Waals surface area contributed by atoms with Crippen molar-refractivity contribution in [1.82, 2.24) is 15.4 Å². The van der Waals surface area contributed by atoms with Crippen LogP contribution in [0.1, 0.15) is 15.9 Å². The third kappa shape index (κ3) is 4.77. The van der Waals surface area contributed by atoms with Gasteiger partial charge in [0.15, 0.2) is 0 Å². The maximum absolute atomic E-state index is 13.6. The van der Waals surface area contributed by atoms with Gasteiger partial charge in [0.1, 0.15) is 11.5 Å². The van der Waals surface area contributed by atoms with Gasteiger partial charge in [-0.1, -0.05) is 24.3 Å². The second-order valence-electron chi connectivity index (χ2n) is 5.18. The molecule has 0 saturated carbocycles. The van der Waals surface area contributed by atoms with E-state index in [1.54, 1.807) is 36.4 Å². The SMILES string of the molecule is O=C(N/N=C/c1cccc(Oc2nc(Cl)ncc2F)c1)c1ccccc1O. The minimum Gasteiger partial charge on any atom is -0.507 e. The van der Waals surface area contributed by atoms with Crippen LogP contribution in [0.5, 0.6) is 17.4 Å². The van der Waals surface area contributed by atoms with Crippen LogP contribution in [-0.2, 0) is 0 Å². The van der Waals surface area contributed by atoms with Gasteiger partial charge in [0, 0.05) is 0 Å². The quantitative estimate of drug-likeness (QED) is 0.397. The summed E-state index contributed by atoms with van der Waals surface area (Å²) in [7, 11) is 0. The number of hydrogen-bond donors (Lipinski definition) is 2. The minimum atomic E-state index is -0.756. The van der Waals surface area contributed by atoms with E-state index in [1.165, 1.54) is 18.3 Å². The van der Waals surface area contributed by atoms with Crippen molar-refractivity contribution in [1.29, 1.82) is 0 Å². The van der Waals surface area contributed by atoms with Gasteiger partial charge in [-0.05, 0) is 41.4 Å². The zero-order valence-electron chi connectivity index (χ0n) is 13.6. The Labute approximate surface area is 158 Å². The van der Waals surface area contributed by atoms with Crippen molar-refractivity contribution >= 4 is 23.7 Å². The number of carbonyl (C=O) groups excluding carboxylic acids is 1. The lowest BCUT2D eigenvalue weighted by atomic mass is 10.2. The maximum atomic E-state index is 13.6. The monoisotopic (exact) mass is 386 g/mol.